The molecule has 0 saturated carbocycles. The van der Waals surface area contributed by atoms with E-state index in [0.29, 0.717) is 0 Å². The molecule has 1 atom stereocenters. The summed E-state index contributed by atoms with van der Waals surface area (Å²) in [6.45, 7) is 0.877. The first-order chi connectivity index (χ1) is 10.7. The smallest absolute Gasteiger partial charge is 0.221 e. The van der Waals surface area contributed by atoms with Crippen molar-refractivity contribution in [3.63, 3.8) is 0 Å². The zero-order valence-electron chi connectivity index (χ0n) is 12.2. The molecule has 1 unspecified atom stereocenters. The van der Waals surface area contributed by atoms with Crippen LogP contribution in [0.4, 0.5) is 17.5 Å². The second kappa shape index (κ2) is 5.14. The highest BCUT2D eigenvalue weighted by Gasteiger charge is 2.35. The van der Waals surface area contributed by atoms with Crippen LogP contribution in [0.3, 0.4) is 0 Å². The quantitative estimate of drug-likeness (QED) is 0.884. The Morgan fingerprint density at radius 1 is 1.32 bits per heavy atom. The van der Waals surface area contributed by atoms with Gasteiger partial charge in [-0.15, -0.1) is 0 Å². The van der Waals surface area contributed by atoms with Crippen LogP contribution in [0.5, 0.6) is 0 Å². The van der Waals surface area contributed by atoms with E-state index >= 15 is 0 Å². The van der Waals surface area contributed by atoms with Gasteiger partial charge in [-0.1, -0.05) is 12.1 Å². The van der Waals surface area contributed by atoms with Gasteiger partial charge in [0.2, 0.25) is 5.95 Å². The molecule has 0 amide bonds. The minimum atomic E-state index is -0.696. The van der Waals surface area contributed by atoms with Crippen molar-refractivity contribution in [2.24, 2.45) is 0 Å². The zero-order chi connectivity index (χ0) is 15.2. The average Bonchev–Trinajstić information content (AvgIpc) is 3.13. The van der Waals surface area contributed by atoms with Gasteiger partial charge in [0, 0.05) is 24.2 Å². The Balaban J connectivity index is 1.74. The highest BCUT2D eigenvalue weighted by molar-refractivity contribution is 7.99. The number of nitrogens with zero attached hydrogens (tertiary/aromatic N) is 3. The van der Waals surface area contributed by atoms with Gasteiger partial charge >= 0.3 is 0 Å². The molecule has 1 aromatic heterocycles. The third-order valence-corrected chi connectivity index (χ3v) is 5.63. The van der Waals surface area contributed by atoms with Crippen molar-refractivity contribution >= 4 is 29.2 Å². The van der Waals surface area contributed by atoms with Gasteiger partial charge in [-0.3, -0.25) is 0 Å². The summed E-state index contributed by atoms with van der Waals surface area (Å²) in [6.07, 6.45) is 3.48. The van der Waals surface area contributed by atoms with Crippen molar-refractivity contribution in [2.45, 2.75) is 18.4 Å². The predicted octanol–water partition coefficient (Wildman–Crippen LogP) is 2.08. The summed E-state index contributed by atoms with van der Waals surface area (Å²) in [4.78, 5) is 10.4. The Labute approximate surface area is 133 Å². The summed E-state index contributed by atoms with van der Waals surface area (Å²) in [7, 11) is 0. The van der Waals surface area contributed by atoms with Crippen LogP contribution < -0.4 is 10.6 Å². The van der Waals surface area contributed by atoms with E-state index in [2.05, 4.69) is 33.1 Å². The van der Waals surface area contributed by atoms with E-state index in [9.17, 15) is 5.11 Å². The molecule has 0 bridgehead atoms. The van der Waals surface area contributed by atoms with Crippen LogP contribution in [0.1, 0.15) is 17.5 Å². The molecule has 6 heteroatoms. The highest BCUT2D eigenvalue weighted by atomic mass is 32.2. The van der Waals surface area contributed by atoms with Crippen LogP contribution in [0.15, 0.2) is 30.5 Å². The number of nitrogen functional groups attached to an aromatic ring is 1. The molecule has 2 aliphatic rings. The lowest BCUT2D eigenvalue weighted by molar-refractivity contribution is 0.0658. The molecule has 22 heavy (non-hydrogen) atoms. The molecular weight excluding hydrogens is 296 g/mol. The van der Waals surface area contributed by atoms with Gasteiger partial charge in [0.15, 0.2) is 0 Å². The topological polar surface area (TPSA) is 75.3 Å². The fraction of sp³-hybridized carbons (Fsp3) is 0.375. The first-order valence-corrected chi connectivity index (χ1v) is 8.61. The number of hydrogen-bond acceptors (Lipinski definition) is 6. The number of benzene rings is 1. The lowest BCUT2D eigenvalue weighted by Gasteiger charge is -2.24. The molecule has 5 nitrogen and oxygen atoms in total. The fourth-order valence-corrected chi connectivity index (χ4v) is 4.48. The molecule has 114 valence electrons. The standard InChI is InChI=1S/C16H18N4OS/c17-15-18-6-3-14(19-15)20-7-4-11-1-2-12(9-13(11)20)16(21)5-8-22-10-16/h1-3,6,9,21H,4-5,7-8,10H2,(H2,17,18,19). The summed E-state index contributed by atoms with van der Waals surface area (Å²) in [5.41, 5.74) is 8.43. The Kier molecular flexibility index (Phi) is 3.23. The number of fused-ring (bicyclic) bond motifs is 1. The van der Waals surface area contributed by atoms with Crippen LogP contribution in [0.2, 0.25) is 0 Å². The second-order valence-electron chi connectivity index (χ2n) is 5.85. The van der Waals surface area contributed by atoms with Gasteiger partial charge in [-0.25, -0.2) is 4.98 Å². The molecule has 0 spiro atoms. The maximum Gasteiger partial charge on any atom is 0.221 e. The number of nitrogens with two attached hydrogens (primary N) is 1. The maximum atomic E-state index is 10.8. The normalized spacial score (nSPS) is 23.8. The largest absolute Gasteiger partial charge is 0.384 e. The summed E-state index contributed by atoms with van der Waals surface area (Å²) in [5, 5.41) is 10.8. The number of aromatic nitrogens is 2. The SMILES string of the molecule is Nc1nccc(N2CCc3ccc(C4(O)CCSC4)cc32)n1. The van der Waals surface area contributed by atoms with Crippen molar-refractivity contribution in [2.75, 3.05) is 28.7 Å². The van der Waals surface area contributed by atoms with Crippen molar-refractivity contribution in [3.05, 3.63) is 41.6 Å². The number of anilines is 3. The molecule has 1 aromatic carbocycles. The van der Waals surface area contributed by atoms with Crippen molar-refractivity contribution in [1.29, 1.82) is 0 Å². The van der Waals surface area contributed by atoms with E-state index in [1.807, 2.05) is 17.8 Å². The number of thioether (sulfide) groups is 1. The second-order valence-corrected chi connectivity index (χ2v) is 6.96. The third-order valence-electron chi connectivity index (χ3n) is 4.46. The lowest BCUT2D eigenvalue weighted by atomic mass is 9.92. The number of hydrogen-bond donors (Lipinski definition) is 2. The molecular formula is C16H18N4OS. The van der Waals surface area contributed by atoms with Crippen molar-refractivity contribution in [3.8, 4) is 0 Å². The number of rotatable bonds is 2. The molecule has 0 radical (unpaired) electrons. The van der Waals surface area contributed by atoms with E-state index in [-0.39, 0.29) is 5.95 Å². The Bertz CT molecular complexity index is 715. The summed E-state index contributed by atoms with van der Waals surface area (Å²) in [6, 6.07) is 8.20. The fourth-order valence-electron chi connectivity index (χ4n) is 3.20. The van der Waals surface area contributed by atoms with Gasteiger partial charge in [0.25, 0.3) is 0 Å². The average molecular weight is 314 g/mol. The first-order valence-electron chi connectivity index (χ1n) is 7.45. The minimum Gasteiger partial charge on any atom is -0.384 e. The van der Waals surface area contributed by atoms with Gasteiger partial charge < -0.3 is 15.7 Å². The van der Waals surface area contributed by atoms with Gasteiger partial charge in [0.1, 0.15) is 5.82 Å². The van der Waals surface area contributed by atoms with Gasteiger partial charge in [-0.05, 0) is 41.9 Å². The molecule has 0 aliphatic carbocycles. The van der Waals surface area contributed by atoms with Crippen LogP contribution >= 0.6 is 11.8 Å². The van der Waals surface area contributed by atoms with E-state index in [1.165, 1.54) is 5.56 Å². The van der Waals surface area contributed by atoms with Crippen LogP contribution in [-0.4, -0.2) is 33.1 Å². The predicted molar refractivity (Wildman–Crippen MR) is 89.4 cm³/mol. The Hall–Kier alpha value is -1.79. The van der Waals surface area contributed by atoms with Crippen molar-refractivity contribution < 1.29 is 5.11 Å². The van der Waals surface area contributed by atoms with Gasteiger partial charge in [-0.2, -0.15) is 16.7 Å². The van der Waals surface area contributed by atoms with Crippen LogP contribution in [0, 0.1) is 0 Å². The molecule has 2 aromatic rings. The van der Waals surface area contributed by atoms with E-state index in [1.54, 1.807) is 6.20 Å². The molecule has 2 aliphatic heterocycles. The summed E-state index contributed by atoms with van der Waals surface area (Å²) < 4.78 is 0. The number of aliphatic hydroxyl groups is 1. The van der Waals surface area contributed by atoms with E-state index < -0.39 is 5.60 Å². The van der Waals surface area contributed by atoms with Gasteiger partial charge in [0.05, 0.1) is 5.60 Å². The first kappa shape index (κ1) is 13.8. The van der Waals surface area contributed by atoms with Crippen LogP contribution in [0.25, 0.3) is 0 Å². The minimum absolute atomic E-state index is 0.285. The lowest BCUT2D eigenvalue weighted by Crippen LogP contribution is -2.25. The molecule has 1 saturated heterocycles. The van der Waals surface area contributed by atoms with E-state index in [4.69, 9.17) is 5.73 Å². The van der Waals surface area contributed by atoms with E-state index in [0.717, 1.165) is 48.0 Å². The summed E-state index contributed by atoms with van der Waals surface area (Å²) >= 11 is 1.81. The van der Waals surface area contributed by atoms with Crippen molar-refractivity contribution in [1.82, 2.24) is 9.97 Å². The summed E-state index contributed by atoms with van der Waals surface area (Å²) in [5.74, 6) is 2.88. The molecule has 1 fully saturated rings. The maximum absolute atomic E-state index is 10.8. The Morgan fingerprint density at radius 2 is 2.23 bits per heavy atom. The Morgan fingerprint density at radius 3 is 3.00 bits per heavy atom. The third kappa shape index (κ3) is 2.23. The monoisotopic (exact) mass is 314 g/mol. The van der Waals surface area contributed by atoms with Crippen LogP contribution in [-0.2, 0) is 12.0 Å². The highest BCUT2D eigenvalue weighted by Crippen LogP contribution is 2.41. The molecule has 3 heterocycles. The molecule has 3 N–H and O–H groups in total. The zero-order valence-corrected chi connectivity index (χ0v) is 13.0. The molecule has 4 rings (SSSR count).